The van der Waals surface area contributed by atoms with Crippen LogP contribution in [0.4, 0.5) is 0 Å². The molecule has 0 saturated heterocycles. The van der Waals surface area contributed by atoms with E-state index >= 15 is 0 Å². The van der Waals surface area contributed by atoms with Crippen LogP contribution in [-0.4, -0.2) is 34.3 Å². The summed E-state index contributed by atoms with van der Waals surface area (Å²) >= 11 is 0. The lowest BCUT2D eigenvalue weighted by Crippen LogP contribution is -2.33. The van der Waals surface area contributed by atoms with E-state index in [4.69, 9.17) is 0 Å². The Morgan fingerprint density at radius 2 is 1.88 bits per heavy atom. The van der Waals surface area contributed by atoms with Gasteiger partial charge in [-0.3, -0.25) is 14.6 Å². The molecule has 132 valence electrons. The molecule has 1 atom stereocenters. The molecule has 0 aliphatic carbocycles. The van der Waals surface area contributed by atoms with Crippen molar-refractivity contribution in [3.8, 4) is 0 Å². The molecule has 5 nitrogen and oxygen atoms in total. The van der Waals surface area contributed by atoms with Crippen molar-refractivity contribution in [2.24, 2.45) is 0 Å². The molecule has 2 aromatic rings. The number of hydrogen-bond donors (Lipinski definition) is 1. The number of benzene rings is 1. The molecule has 1 aromatic carbocycles. The van der Waals surface area contributed by atoms with Crippen molar-refractivity contribution in [1.82, 2.24) is 15.2 Å². The predicted molar refractivity (Wildman–Crippen MR) is 98.3 cm³/mol. The number of aromatic nitrogens is 1. The third-order valence-electron chi connectivity index (χ3n) is 4.11. The number of nitrogens with one attached hydrogen (secondary N) is 1. The van der Waals surface area contributed by atoms with Crippen LogP contribution in [0.5, 0.6) is 0 Å². The minimum Gasteiger partial charge on any atom is -0.348 e. The highest BCUT2D eigenvalue weighted by molar-refractivity contribution is 5.98. The van der Waals surface area contributed by atoms with Crippen LogP contribution in [0.3, 0.4) is 0 Å². The standard InChI is InChI=1S/C20H25N3O2/c1-4-15(3)22-19(24)18-13-17(11-12-21-18)20(25)23(5-2)14-16-9-7-6-8-10-16/h6-13,15H,4-5,14H2,1-3H3,(H,22,24). The Labute approximate surface area is 149 Å². The third kappa shape index (κ3) is 5.14. The highest BCUT2D eigenvalue weighted by atomic mass is 16.2. The van der Waals surface area contributed by atoms with E-state index < -0.39 is 0 Å². The number of carbonyl (C=O) groups is 2. The Hall–Kier alpha value is -2.69. The molecule has 2 rings (SSSR count). The minimum absolute atomic E-state index is 0.0684. The summed E-state index contributed by atoms with van der Waals surface area (Å²) in [5.41, 5.74) is 1.81. The van der Waals surface area contributed by atoms with Crippen LogP contribution in [0.2, 0.25) is 0 Å². The van der Waals surface area contributed by atoms with Gasteiger partial charge >= 0.3 is 0 Å². The van der Waals surface area contributed by atoms with Crippen molar-refractivity contribution >= 4 is 11.8 Å². The maximum atomic E-state index is 12.8. The number of amides is 2. The molecule has 0 aliphatic heterocycles. The van der Waals surface area contributed by atoms with Crippen molar-refractivity contribution < 1.29 is 9.59 Å². The molecule has 1 heterocycles. The van der Waals surface area contributed by atoms with Crippen LogP contribution < -0.4 is 5.32 Å². The van der Waals surface area contributed by atoms with Gasteiger partial charge in [0, 0.05) is 30.9 Å². The van der Waals surface area contributed by atoms with Gasteiger partial charge in [-0.05, 0) is 38.0 Å². The van der Waals surface area contributed by atoms with Crippen molar-refractivity contribution in [3.05, 3.63) is 65.5 Å². The Bertz CT molecular complexity index is 716. The first-order valence-corrected chi connectivity index (χ1v) is 8.65. The van der Waals surface area contributed by atoms with Crippen molar-refractivity contribution in [2.45, 2.75) is 39.8 Å². The van der Waals surface area contributed by atoms with E-state index in [9.17, 15) is 9.59 Å². The van der Waals surface area contributed by atoms with Crippen molar-refractivity contribution in [2.75, 3.05) is 6.54 Å². The second-order valence-electron chi connectivity index (χ2n) is 6.02. The predicted octanol–water partition coefficient (Wildman–Crippen LogP) is 3.27. The lowest BCUT2D eigenvalue weighted by Gasteiger charge is -2.21. The molecule has 1 aromatic heterocycles. The highest BCUT2D eigenvalue weighted by Gasteiger charge is 2.17. The fraction of sp³-hybridized carbons (Fsp3) is 0.350. The van der Waals surface area contributed by atoms with E-state index in [1.165, 1.54) is 6.20 Å². The Morgan fingerprint density at radius 3 is 2.52 bits per heavy atom. The van der Waals surface area contributed by atoms with Gasteiger partial charge in [-0.2, -0.15) is 0 Å². The van der Waals surface area contributed by atoms with Gasteiger partial charge in [0.15, 0.2) is 0 Å². The van der Waals surface area contributed by atoms with E-state index in [2.05, 4.69) is 10.3 Å². The largest absolute Gasteiger partial charge is 0.348 e. The number of nitrogens with zero attached hydrogens (tertiary/aromatic N) is 2. The van der Waals surface area contributed by atoms with Crippen LogP contribution in [0.25, 0.3) is 0 Å². The normalized spacial score (nSPS) is 11.6. The van der Waals surface area contributed by atoms with Gasteiger partial charge in [0.1, 0.15) is 5.69 Å². The molecular weight excluding hydrogens is 314 g/mol. The molecule has 0 fully saturated rings. The van der Waals surface area contributed by atoms with Gasteiger partial charge in [-0.25, -0.2) is 0 Å². The van der Waals surface area contributed by atoms with Gasteiger partial charge in [-0.1, -0.05) is 37.3 Å². The Kier molecular flexibility index (Phi) is 6.69. The number of hydrogen-bond acceptors (Lipinski definition) is 3. The minimum atomic E-state index is -0.255. The Balaban J connectivity index is 2.15. The summed E-state index contributed by atoms with van der Waals surface area (Å²) in [4.78, 5) is 30.9. The van der Waals surface area contributed by atoms with Crippen LogP contribution in [-0.2, 0) is 6.54 Å². The van der Waals surface area contributed by atoms with E-state index in [-0.39, 0.29) is 23.6 Å². The van der Waals surface area contributed by atoms with Crippen LogP contribution >= 0.6 is 0 Å². The summed E-state index contributed by atoms with van der Waals surface area (Å²) in [5.74, 6) is -0.360. The van der Waals surface area contributed by atoms with Gasteiger partial charge < -0.3 is 10.2 Å². The number of pyridine rings is 1. The van der Waals surface area contributed by atoms with E-state index in [1.54, 1.807) is 17.0 Å². The second-order valence-corrected chi connectivity index (χ2v) is 6.02. The van der Waals surface area contributed by atoms with Crippen molar-refractivity contribution in [1.29, 1.82) is 0 Å². The lowest BCUT2D eigenvalue weighted by molar-refractivity contribution is 0.0752. The van der Waals surface area contributed by atoms with Gasteiger partial charge in [0.05, 0.1) is 0 Å². The average Bonchev–Trinajstić information content (AvgIpc) is 2.66. The molecule has 1 unspecified atom stereocenters. The molecule has 0 saturated carbocycles. The van der Waals surface area contributed by atoms with Gasteiger partial charge in [0.25, 0.3) is 11.8 Å². The summed E-state index contributed by atoms with van der Waals surface area (Å²) in [6.07, 6.45) is 2.35. The summed E-state index contributed by atoms with van der Waals surface area (Å²) in [6, 6.07) is 13.1. The molecule has 5 heteroatoms. The van der Waals surface area contributed by atoms with Crippen molar-refractivity contribution in [3.63, 3.8) is 0 Å². The van der Waals surface area contributed by atoms with Crippen LogP contribution in [0.15, 0.2) is 48.7 Å². The number of rotatable bonds is 7. The summed E-state index contributed by atoms with van der Waals surface area (Å²) in [6.45, 7) is 7.00. The zero-order valence-electron chi connectivity index (χ0n) is 15.0. The monoisotopic (exact) mass is 339 g/mol. The first-order chi connectivity index (χ1) is 12.0. The summed E-state index contributed by atoms with van der Waals surface area (Å²) in [5, 5.41) is 2.87. The molecule has 0 spiro atoms. The van der Waals surface area contributed by atoms with E-state index in [0.29, 0.717) is 18.7 Å². The zero-order valence-corrected chi connectivity index (χ0v) is 15.0. The van der Waals surface area contributed by atoms with Gasteiger partial charge in [-0.15, -0.1) is 0 Å². The highest BCUT2D eigenvalue weighted by Crippen LogP contribution is 2.11. The van der Waals surface area contributed by atoms with Crippen LogP contribution in [0, 0.1) is 0 Å². The third-order valence-corrected chi connectivity index (χ3v) is 4.11. The Morgan fingerprint density at radius 1 is 1.16 bits per heavy atom. The molecule has 0 bridgehead atoms. The summed E-state index contributed by atoms with van der Waals surface area (Å²) in [7, 11) is 0. The molecule has 2 amide bonds. The maximum absolute atomic E-state index is 12.8. The van der Waals surface area contributed by atoms with Crippen LogP contribution in [0.1, 0.15) is 53.6 Å². The maximum Gasteiger partial charge on any atom is 0.270 e. The topological polar surface area (TPSA) is 62.3 Å². The molecule has 1 N–H and O–H groups in total. The quantitative estimate of drug-likeness (QED) is 0.842. The van der Waals surface area contributed by atoms with Gasteiger partial charge in [0.2, 0.25) is 0 Å². The number of carbonyl (C=O) groups excluding carboxylic acids is 2. The molecular formula is C20H25N3O2. The smallest absolute Gasteiger partial charge is 0.270 e. The van der Waals surface area contributed by atoms with E-state index in [0.717, 1.165) is 12.0 Å². The first-order valence-electron chi connectivity index (χ1n) is 8.65. The van der Waals surface area contributed by atoms with E-state index in [1.807, 2.05) is 51.1 Å². The SMILES string of the molecule is CCC(C)NC(=O)c1cc(C(=O)N(CC)Cc2ccccc2)ccn1. The lowest BCUT2D eigenvalue weighted by atomic mass is 10.1. The molecule has 25 heavy (non-hydrogen) atoms. The fourth-order valence-electron chi connectivity index (χ4n) is 2.40. The average molecular weight is 339 g/mol. The second kappa shape index (κ2) is 8.97. The molecule has 0 aliphatic rings. The first kappa shape index (κ1) is 18.6. The molecule has 0 radical (unpaired) electrons. The summed E-state index contributed by atoms with van der Waals surface area (Å²) < 4.78 is 0. The fourth-order valence-corrected chi connectivity index (χ4v) is 2.40. The zero-order chi connectivity index (χ0) is 18.2.